The van der Waals surface area contributed by atoms with Crippen molar-refractivity contribution in [3.05, 3.63) is 41.7 Å². The van der Waals surface area contributed by atoms with E-state index in [2.05, 4.69) is 46.1 Å². The maximum absolute atomic E-state index is 5.11. The van der Waals surface area contributed by atoms with Crippen LogP contribution in [0.15, 0.2) is 30.5 Å². The lowest BCUT2D eigenvalue weighted by Gasteiger charge is -2.09. The summed E-state index contributed by atoms with van der Waals surface area (Å²) in [5.41, 5.74) is 3.40. The smallest absolute Gasteiger partial charge is 0.207 e. The quantitative estimate of drug-likeness (QED) is 0.866. The summed E-state index contributed by atoms with van der Waals surface area (Å²) in [6, 6.07) is 8.45. The molecular weight excluding hydrogens is 238 g/mol. The Kier molecular flexibility index (Phi) is 4.58. The first-order valence-electron chi connectivity index (χ1n) is 6.61. The standard InChI is InChI=1S/C15H21N3O/c1-4-13-5-7-14(8-6-13)17-15-16-12(2)11-18(15)9-10-19-3/h5-8,11H,4,9-10H2,1-3H3,(H,16,17). The van der Waals surface area contributed by atoms with Gasteiger partial charge in [-0.1, -0.05) is 19.1 Å². The fourth-order valence-electron chi connectivity index (χ4n) is 1.96. The van der Waals surface area contributed by atoms with Gasteiger partial charge in [-0.05, 0) is 31.0 Å². The highest BCUT2D eigenvalue weighted by molar-refractivity contribution is 5.54. The van der Waals surface area contributed by atoms with Gasteiger partial charge < -0.3 is 14.6 Å². The average Bonchev–Trinajstić information content (AvgIpc) is 2.77. The molecule has 2 rings (SSSR count). The molecule has 0 saturated carbocycles. The van der Waals surface area contributed by atoms with Crippen molar-refractivity contribution in [3.63, 3.8) is 0 Å². The van der Waals surface area contributed by atoms with E-state index in [1.165, 1.54) is 5.56 Å². The molecule has 0 saturated heterocycles. The Morgan fingerprint density at radius 3 is 2.63 bits per heavy atom. The van der Waals surface area contributed by atoms with Gasteiger partial charge in [-0.25, -0.2) is 4.98 Å². The van der Waals surface area contributed by atoms with Crippen LogP contribution in [0.5, 0.6) is 0 Å². The van der Waals surface area contributed by atoms with E-state index in [0.717, 1.165) is 30.3 Å². The fraction of sp³-hybridized carbons (Fsp3) is 0.400. The van der Waals surface area contributed by atoms with E-state index in [9.17, 15) is 0 Å². The van der Waals surface area contributed by atoms with Gasteiger partial charge in [0, 0.05) is 25.5 Å². The van der Waals surface area contributed by atoms with Gasteiger partial charge in [0.05, 0.1) is 12.3 Å². The van der Waals surface area contributed by atoms with E-state index in [4.69, 9.17) is 4.74 Å². The number of aryl methyl sites for hydroxylation is 2. The zero-order valence-electron chi connectivity index (χ0n) is 11.8. The second-order valence-corrected chi connectivity index (χ2v) is 4.57. The van der Waals surface area contributed by atoms with E-state index >= 15 is 0 Å². The van der Waals surface area contributed by atoms with Crippen molar-refractivity contribution in [1.82, 2.24) is 9.55 Å². The highest BCUT2D eigenvalue weighted by atomic mass is 16.5. The van der Waals surface area contributed by atoms with Crippen molar-refractivity contribution in [2.24, 2.45) is 0 Å². The van der Waals surface area contributed by atoms with Crippen LogP contribution >= 0.6 is 0 Å². The van der Waals surface area contributed by atoms with Crippen LogP contribution in [0.25, 0.3) is 0 Å². The van der Waals surface area contributed by atoms with Crippen molar-refractivity contribution in [2.75, 3.05) is 19.0 Å². The molecule has 0 unspecified atom stereocenters. The van der Waals surface area contributed by atoms with Gasteiger partial charge in [-0.15, -0.1) is 0 Å². The zero-order chi connectivity index (χ0) is 13.7. The normalized spacial score (nSPS) is 10.7. The average molecular weight is 259 g/mol. The van der Waals surface area contributed by atoms with Crippen LogP contribution in [0.2, 0.25) is 0 Å². The molecule has 0 spiro atoms. The lowest BCUT2D eigenvalue weighted by molar-refractivity contribution is 0.188. The summed E-state index contributed by atoms with van der Waals surface area (Å²) in [5, 5.41) is 3.35. The summed E-state index contributed by atoms with van der Waals surface area (Å²) in [6.45, 7) is 5.63. The number of benzene rings is 1. The van der Waals surface area contributed by atoms with Gasteiger partial charge >= 0.3 is 0 Å². The molecule has 0 amide bonds. The first-order chi connectivity index (χ1) is 9.22. The molecule has 1 N–H and O–H groups in total. The number of aromatic nitrogens is 2. The van der Waals surface area contributed by atoms with E-state index in [0.29, 0.717) is 6.61 Å². The maximum Gasteiger partial charge on any atom is 0.207 e. The van der Waals surface area contributed by atoms with E-state index in [1.807, 2.05) is 13.1 Å². The number of imidazole rings is 1. The first-order valence-corrected chi connectivity index (χ1v) is 6.61. The molecule has 0 aliphatic carbocycles. The molecule has 2 aromatic rings. The topological polar surface area (TPSA) is 39.1 Å². The third-order valence-electron chi connectivity index (χ3n) is 3.05. The highest BCUT2D eigenvalue weighted by Gasteiger charge is 2.05. The Balaban J connectivity index is 2.12. The van der Waals surface area contributed by atoms with Gasteiger partial charge in [0.2, 0.25) is 5.95 Å². The minimum atomic E-state index is 0.680. The minimum Gasteiger partial charge on any atom is -0.383 e. The van der Waals surface area contributed by atoms with Gasteiger partial charge in [-0.2, -0.15) is 0 Å². The zero-order valence-corrected chi connectivity index (χ0v) is 11.8. The summed E-state index contributed by atoms with van der Waals surface area (Å²) in [5.74, 6) is 0.860. The van der Waals surface area contributed by atoms with E-state index in [-0.39, 0.29) is 0 Å². The van der Waals surface area contributed by atoms with E-state index < -0.39 is 0 Å². The molecule has 1 aromatic heterocycles. The number of nitrogens with one attached hydrogen (secondary N) is 1. The second kappa shape index (κ2) is 6.38. The third-order valence-corrected chi connectivity index (χ3v) is 3.05. The number of hydrogen-bond donors (Lipinski definition) is 1. The monoisotopic (exact) mass is 259 g/mol. The largest absolute Gasteiger partial charge is 0.383 e. The van der Waals surface area contributed by atoms with Gasteiger partial charge in [0.1, 0.15) is 0 Å². The lowest BCUT2D eigenvalue weighted by atomic mass is 10.1. The summed E-state index contributed by atoms with van der Waals surface area (Å²) in [4.78, 5) is 4.50. The molecular formula is C15H21N3O. The summed E-state index contributed by atoms with van der Waals surface area (Å²) >= 11 is 0. The minimum absolute atomic E-state index is 0.680. The van der Waals surface area contributed by atoms with Crippen LogP contribution in [0.1, 0.15) is 18.2 Å². The Hall–Kier alpha value is -1.81. The summed E-state index contributed by atoms with van der Waals surface area (Å²) in [7, 11) is 1.71. The van der Waals surface area contributed by atoms with Crippen molar-refractivity contribution in [2.45, 2.75) is 26.8 Å². The predicted octanol–water partition coefficient (Wildman–Crippen LogP) is 3.14. The van der Waals surface area contributed by atoms with E-state index in [1.54, 1.807) is 7.11 Å². The Bertz CT molecular complexity index is 517. The predicted molar refractivity (Wildman–Crippen MR) is 77.9 cm³/mol. The van der Waals surface area contributed by atoms with Crippen molar-refractivity contribution < 1.29 is 4.74 Å². The number of ether oxygens (including phenoxy) is 1. The van der Waals surface area contributed by atoms with Crippen LogP contribution in [-0.2, 0) is 17.7 Å². The molecule has 19 heavy (non-hydrogen) atoms. The van der Waals surface area contributed by atoms with Gasteiger partial charge in [0.25, 0.3) is 0 Å². The fourth-order valence-corrected chi connectivity index (χ4v) is 1.96. The molecule has 4 heteroatoms. The number of anilines is 2. The van der Waals surface area contributed by atoms with Crippen LogP contribution < -0.4 is 5.32 Å². The van der Waals surface area contributed by atoms with Crippen molar-refractivity contribution >= 4 is 11.6 Å². The Labute approximate surface area is 114 Å². The van der Waals surface area contributed by atoms with Crippen molar-refractivity contribution in [1.29, 1.82) is 0 Å². The molecule has 0 aliphatic rings. The number of methoxy groups -OCH3 is 1. The molecule has 0 atom stereocenters. The van der Waals surface area contributed by atoms with Crippen molar-refractivity contribution in [3.8, 4) is 0 Å². The van der Waals surface area contributed by atoms with Crippen LogP contribution in [0, 0.1) is 6.92 Å². The van der Waals surface area contributed by atoms with Gasteiger partial charge in [0.15, 0.2) is 0 Å². The molecule has 0 bridgehead atoms. The number of hydrogen-bond acceptors (Lipinski definition) is 3. The lowest BCUT2D eigenvalue weighted by Crippen LogP contribution is -2.07. The highest BCUT2D eigenvalue weighted by Crippen LogP contribution is 2.17. The summed E-state index contributed by atoms with van der Waals surface area (Å²) < 4.78 is 7.19. The molecule has 1 aromatic carbocycles. The van der Waals surface area contributed by atoms with Crippen LogP contribution in [-0.4, -0.2) is 23.3 Å². The number of rotatable bonds is 6. The SMILES string of the molecule is CCc1ccc(Nc2nc(C)cn2CCOC)cc1. The molecule has 0 radical (unpaired) electrons. The second-order valence-electron chi connectivity index (χ2n) is 4.57. The molecule has 102 valence electrons. The Morgan fingerprint density at radius 1 is 1.26 bits per heavy atom. The Morgan fingerprint density at radius 2 is 2.00 bits per heavy atom. The third kappa shape index (κ3) is 3.58. The summed E-state index contributed by atoms with van der Waals surface area (Å²) in [6.07, 6.45) is 3.09. The van der Waals surface area contributed by atoms with Gasteiger partial charge in [-0.3, -0.25) is 0 Å². The molecule has 4 nitrogen and oxygen atoms in total. The first kappa shape index (κ1) is 13.6. The number of nitrogens with zero attached hydrogens (tertiary/aromatic N) is 2. The maximum atomic E-state index is 5.11. The molecule has 0 fully saturated rings. The van der Waals surface area contributed by atoms with Crippen LogP contribution in [0.4, 0.5) is 11.6 Å². The molecule has 0 aliphatic heterocycles. The van der Waals surface area contributed by atoms with Crippen LogP contribution in [0.3, 0.4) is 0 Å². The molecule has 1 heterocycles.